The van der Waals surface area contributed by atoms with Gasteiger partial charge in [0.2, 0.25) is 0 Å². The fourth-order valence-corrected chi connectivity index (χ4v) is 3.12. The fourth-order valence-electron chi connectivity index (χ4n) is 2.86. The number of anilines is 1. The van der Waals surface area contributed by atoms with Gasteiger partial charge in [0.25, 0.3) is 5.56 Å². The van der Waals surface area contributed by atoms with Crippen LogP contribution < -0.4 is 10.5 Å². The van der Waals surface area contributed by atoms with Crippen molar-refractivity contribution in [2.75, 3.05) is 18.0 Å². The minimum atomic E-state index is -0.215. The molecule has 0 amide bonds. The van der Waals surface area contributed by atoms with E-state index >= 15 is 0 Å². The van der Waals surface area contributed by atoms with Crippen molar-refractivity contribution in [1.82, 2.24) is 9.78 Å². The molecule has 1 aliphatic rings. The minimum Gasteiger partial charge on any atom is -0.369 e. The van der Waals surface area contributed by atoms with Crippen LogP contribution in [0.5, 0.6) is 0 Å². The van der Waals surface area contributed by atoms with Gasteiger partial charge in [-0.25, -0.2) is 4.68 Å². The van der Waals surface area contributed by atoms with Crippen molar-refractivity contribution >= 4 is 17.3 Å². The highest BCUT2D eigenvalue weighted by Gasteiger charge is 2.17. The molecule has 0 atom stereocenters. The van der Waals surface area contributed by atoms with Crippen LogP contribution in [0.1, 0.15) is 31.2 Å². The summed E-state index contributed by atoms with van der Waals surface area (Å²) in [5.74, 6) is 0. The number of hydrogen-bond donors (Lipinski definition) is 0. The highest BCUT2D eigenvalue weighted by Crippen LogP contribution is 2.24. The first-order valence-corrected chi connectivity index (χ1v) is 8.18. The van der Waals surface area contributed by atoms with E-state index in [1.807, 2.05) is 30.3 Å². The molecule has 0 bridgehead atoms. The van der Waals surface area contributed by atoms with Gasteiger partial charge in [-0.05, 0) is 18.4 Å². The molecule has 0 spiro atoms. The third-order valence-corrected chi connectivity index (χ3v) is 4.44. The molecule has 5 heteroatoms. The maximum Gasteiger partial charge on any atom is 0.287 e. The van der Waals surface area contributed by atoms with E-state index in [1.54, 1.807) is 6.20 Å². The van der Waals surface area contributed by atoms with Crippen LogP contribution in [-0.2, 0) is 6.54 Å². The predicted molar refractivity (Wildman–Crippen MR) is 89.7 cm³/mol. The predicted octanol–water partition coefficient (Wildman–Crippen LogP) is 3.33. The normalized spacial score (nSPS) is 15.6. The zero-order valence-electron chi connectivity index (χ0n) is 12.5. The van der Waals surface area contributed by atoms with E-state index in [4.69, 9.17) is 11.6 Å². The van der Waals surface area contributed by atoms with Crippen molar-refractivity contribution in [2.45, 2.75) is 32.2 Å². The van der Waals surface area contributed by atoms with Crippen LogP contribution in [0.2, 0.25) is 5.02 Å². The molecule has 0 radical (unpaired) electrons. The first kappa shape index (κ1) is 15.1. The second-order valence-corrected chi connectivity index (χ2v) is 6.07. The Kier molecular flexibility index (Phi) is 4.78. The van der Waals surface area contributed by atoms with Crippen LogP contribution in [0.3, 0.4) is 0 Å². The third-order valence-electron chi connectivity index (χ3n) is 4.09. The van der Waals surface area contributed by atoms with E-state index in [1.165, 1.54) is 17.5 Å². The van der Waals surface area contributed by atoms with Crippen LogP contribution in [0.15, 0.2) is 41.3 Å². The van der Waals surface area contributed by atoms with Crippen molar-refractivity contribution in [1.29, 1.82) is 0 Å². The molecule has 0 aliphatic carbocycles. The van der Waals surface area contributed by atoms with Gasteiger partial charge in [0, 0.05) is 13.1 Å². The average Bonchev–Trinajstić information content (AvgIpc) is 2.82. The minimum absolute atomic E-state index is 0.215. The summed E-state index contributed by atoms with van der Waals surface area (Å²) < 4.78 is 1.43. The highest BCUT2D eigenvalue weighted by atomic mass is 35.5. The fraction of sp³-hybridized carbons (Fsp3) is 0.412. The quantitative estimate of drug-likeness (QED) is 0.871. The van der Waals surface area contributed by atoms with E-state index in [2.05, 4.69) is 10.00 Å². The summed E-state index contributed by atoms with van der Waals surface area (Å²) >= 11 is 6.34. The van der Waals surface area contributed by atoms with Gasteiger partial charge in [-0.15, -0.1) is 0 Å². The topological polar surface area (TPSA) is 38.1 Å². The van der Waals surface area contributed by atoms with E-state index in [-0.39, 0.29) is 10.6 Å². The van der Waals surface area contributed by atoms with Crippen molar-refractivity contribution in [3.05, 3.63) is 57.5 Å². The summed E-state index contributed by atoms with van der Waals surface area (Å²) in [5, 5.41) is 4.60. The lowest BCUT2D eigenvalue weighted by molar-refractivity contribution is 0.635. The molecular weight excluding hydrogens is 298 g/mol. The van der Waals surface area contributed by atoms with Crippen molar-refractivity contribution in [3.8, 4) is 0 Å². The summed E-state index contributed by atoms with van der Waals surface area (Å²) in [6.45, 7) is 2.34. The summed E-state index contributed by atoms with van der Waals surface area (Å²) in [7, 11) is 0. The number of rotatable bonds is 3. The zero-order chi connectivity index (χ0) is 15.4. The van der Waals surface area contributed by atoms with Crippen LogP contribution in [0.4, 0.5) is 5.69 Å². The Balaban J connectivity index is 1.86. The van der Waals surface area contributed by atoms with Crippen molar-refractivity contribution in [2.24, 2.45) is 0 Å². The van der Waals surface area contributed by atoms with E-state index in [9.17, 15) is 4.79 Å². The summed E-state index contributed by atoms with van der Waals surface area (Å²) in [4.78, 5) is 14.7. The SMILES string of the molecule is O=c1c(Cl)c(N2CCCCCC2)cnn1Cc1ccccc1. The molecule has 1 aliphatic heterocycles. The molecule has 2 heterocycles. The molecule has 0 unspecified atom stereocenters. The number of hydrogen-bond acceptors (Lipinski definition) is 3. The Labute approximate surface area is 135 Å². The number of aromatic nitrogens is 2. The lowest BCUT2D eigenvalue weighted by atomic mass is 10.2. The second kappa shape index (κ2) is 6.97. The number of halogens is 1. The molecule has 0 N–H and O–H groups in total. The standard InChI is InChI=1S/C17H20ClN3O/c18-16-15(20-10-6-1-2-7-11-20)12-19-21(17(16)22)13-14-8-4-3-5-9-14/h3-5,8-9,12H,1-2,6-7,10-11,13H2. The highest BCUT2D eigenvalue weighted by molar-refractivity contribution is 6.33. The molecule has 0 saturated carbocycles. The monoisotopic (exact) mass is 317 g/mol. The maximum absolute atomic E-state index is 12.5. The molecule has 1 aromatic carbocycles. The van der Waals surface area contributed by atoms with Gasteiger partial charge in [0.1, 0.15) is 5.02 Å². The van der Waals surface area contributed by atoms with Gasteiger partial charge >= 0.3 is 0 Å². The van der Waals surface area contributed by atoms with Crippen molar-refractivity contribution < 1.29 is 0 Å². The third kappa shape index (κ3) is 3.33. The van der Waals surface area contributed by atoms with Gasteiger partial charge in [0.05, 0.1) is 18.4 Å². The number of benzene rings is 1. The molecule has 2 aromatic rings. The van der Waals surface area contributed by atoms with Gasteiger partial charge in [-0.1, -0.05) is 54.8 Å². The van der Waals surface area contributed by atoms with Gasteiger partial charge < -0.3 is 4.90 Å². The van der Waals surface area contributed by atoms with Crippen LogP contribution in [0, 0.1) is 0 Å². The van der Waals surface area contributed by atoms with Gasteiger partial charge in [0.15, 0.2) is 0 Å². The smallest absolute Gasteiger partial charge is 0.287 e. The van der Waals surface area contributed by atoms with E-state index in [0.29, 0.717) is 6.54 Å². The molecule has 1 saturated heterocycles. The molecule has 4 nitrogen and oxygen atoms in total. The number of nitrogens with zero attached hydrogens (tertiary/aromatic N) is 3. The Morgan fingerprint density at radius 1 is 1.05 bits per heavy atom. The molecular formula is C17H20ClN3O. The summed E-state index contributed by atoms with van der Waals surface area (Å²) in [6.07, 6.45) is 6.50. The van der Waals surface area contributed by atoms with E-state index < -0.39 is 0 Å². The molecule has 116 valence electrons. The first-order valence-electron chi connectivity index (χ1n) is 7.80. The van der Waals surface area contributed by atoms with Gasteiger partial charge in [-0.2, -0.15) is 5.10 Å². The van der Waals surface area contributed by atoms with Gasteiger partial charge in [-0.3, -0.25) is 4.79 Å². The Morgan fingerprint density at radius 2 is 1.73 bits per heavy atom. The van der Waals surface area contributed by atoms with E-state index in [0.717, 1.165) is 37.2 Å². The molecule has 1 fully saturated rings. The average molecular weight is 318 g/mol. The van der Waals surface area contributed by atoms with Crippen LogP contribution in [0.25, 0.3) is 0 Å². The lowest BCUT2D eigenvalue weighted by Gasteiger charge is -2.23. The Hall–Kier alpha value is -1.81. The zero-order valence-corrected chi connectivity index (χ0v) is 13.3. The molecule has 3 rings (SSSR count). The molecule has 22 heavy (non-hydrogen) atoms. The van der Waals surface area contributed by atoms with Crippen LogP contribution >= 0.6 is 11.6 Å². The Morgan fingerprint density at radius 3 is 2.41 bits per heavy atom. The van der Waals surface area contributed by atoms with Crippen molar-refractivity contribution in [3.63, 3.8) is 0 Å². The second-order valence-electron chi connectivity index (χ2n) is 5.69. The summed E-state index contributed by atoms with van der Waals surface area (Å²) in [6, 6.07) is 9.81. The summed E-state index contributed by atoms with van der Waals surface area (Å²) in [5.41, 5.74) is 1.60. The Bertz CT molecular complexity index is 676. The van der Waals surface area contributed by atoms with Crippen LogP contribution in [-0.4, -0.2) is 22.9 Å². The maximum atomic E-state index is 12.5. The first-order chi connectivity index (χ1) is 10.8. The molecule has 1 aromatic heterocycles. The largest absolute Gasteiger partial charge is 0.369 e. The lowest BCUT2D eigenvalue weighted by Crippen LogP contribution is -2.30.